The van der Waals surface area contributed by atoms with Gasteiger partial charge in [-0.1, -0.05) is 30.3 Å². The highest BCUT2D eigenvalue weighted by Crippen LogP contribution is 2.38. The molecule has 1 amide bonds. The van der Waals surface area contributed by atoms with Gasteiger partial charge in [-0.25, -0.2) is 9.37 Å². The van der Waals surface area contributed by atoms with Crippen molar-refractivity contribution in [3.8, 4) is 10.6 Å². The van der Waals surface area contributed by atoms with Crippen LogP contribution in [-0.4, -0.2) is 10.9 Å². The molecule has 3 rings (SSSR count). The highest BCUT2D eigenvalue weighted by atomic mass is 32.1. The molecule has 1 aromatic heterocycles. The minimum Gasteiger partial charge on any atom is -0.321 e. The molecule has 0 aliphatic rings. The molecule has 8 heteroatoms. The molecule has 0 saturated carbocycles. The summed E-state index contributed by atoms with van der Waals surface area (Å²) in [4.78, 5) is 15.3. The zero-order valence-electron chi connectivity index (χ0n) is 12.5. The first-order chi connectivity index (χ1) is 11.8. The monoisotopic (exact) mass is 366 g/mol. The van der Waals surface area contributed by atoms with Crippen LogP contribution in [0.5, 0.6) is 0 Å². The first kappa shape index (κ1) is 17.1. The minimum absolute atomic E-state index is 0.0946. The summed E-state index contributed by atoms with van der Waals surface area (Å²) in [6.07, 6.45) is -4.76. The van der Waals surface area contributed by atoms with Gasteiger partial charge in [0.25, 0.3) is 5.91 Å². The van der Waals surface area contributed by atoms with E-state index in [2.05, 4.69) is 10.3 Å². The number of nitrogens with zero attached hydrogens (tertiary/aromatic N) is 1. The number of alkyl halides is 3. The first-order valence-corrected chi connectivity index (χ1v) is 7.86. The van der Waals surface area contributed by atoms with Crippen LogP contribution in [0.25, 0.3) is 10.6 Å². The Bertz CT molecular complexity index is 889. The van der Waals surface area contributed by atoms with Gasteiger partial charge in [-0.3, -0.25) is 4.79 Å². The van der Waals surface area contributed by atoms with E-state index in [1.807, 2.05) is 0 Å². The Labute approximate surface area is 144 Å². The molecule has 128 valence electrons. The van der Waals surface area contributed by atoms with Crippen LogP contribution in [0.1, 0.15) is 15.4 Å². The van der Waals surface area contributed by atoms with Gasteiger partial charge in [-0.15, -0.1) is 11.3 Å². The van der Waals surface area contributed by atoms with E-state index in [4.69, 9.17) is 0 Å². The molecular weight excluding hydrogens is 356 g/mol. The maximum Gasteiger partial charge on any atom is 0.435 e. The average Bonchev–Trinajstić information content (AvgIpc) is 3.04. The summed E-state index contributed by atoms with van der Waals surface area (Å²) < 4.78 is 52.6. The lowest BCUT2D eigenvalue weighted by molar-refractivity contribution is -0.140. The maximum atomic E-state index is 13.2. The van der Waals surface area contributed by atoms with Gasteiger partial charge in [0.2, 0.25) is 0 Å². The van der Waals surface area contributed by atoms with Crippen LogP contribution in [0.15, 0.2) is 54.6 Å². The second-order valence-electron chi connectivity index (χ2n) is 5.02. The molecule has 25 heavy (non-hydrogen) atoms. The third-order valence-corrected chi connectivity index (χ3v) is 4.33. The van der Waals surface area contributed by atoms with E-state index in [-0.39, 0.29) is 10.7 Å². The number of hydrogen-bond donors (Lipinski definition) is 1. The molecular formula is C17H10F4N2OS. The standard InChI is InChI=1S/C17H10F4N2OS/c18-11-6-8-12(9-7-11)22-15(24)13-14(17(19,20)21)23-16(25-13)10-4-2-1-3-5-10/h1-9H,(H,22,24). The summed E-state index contributed by atoms with van der Waals surface area (Å²) in [7, 11) is 0. The van der Waals surface area contributed by atoms with Crippen LogP contribution in [0.4, 0.5) is 23.2 Å². The molecule has 0 unspecified atom stereocenters. The van der Waals surface area contributed by atoms with Crippen molar-refractivity contribution in [1.82, 2.24) is 4.98 Å². The number of nitrogens with one attached hydrogen (secondary N) is 1. The highest BCUT2D eigenvalue weighted by Gasteiger charge is 2.39. The number of carbonyl (C=O) groups is 1. The Morgan fingerprint density at radius 3 is 2.24 bits per heavy atom. The second kappa shape index (κ2) is 6.64. The maximum absolute atomic E-state index is 13.2. The molecule has 0 radical (unpaired) electrons. The number of amides is 1. The van der Waals surface area contributed by atoms with E-state index in [1.165, 1.54) is 12.1 Å². The van der Waals surface area contributed by atoms with E-state index >= 15 is 0 Å². The van der Waals surface area contributed by atoms with Crippen LogP contribution in [0, 0.1) is 5.82 Å². The van der Waals surface area contributed by atoms with Gasteiger partial charge in [0.1, 0.15) is 15.7 Å². The van der Waals surface area contributed by atoms with Gasteiger partial charge >= 0.3 is 6.18 Å². The number of benzene rings is 2. The summed E-state index contributed by atoms with van der Waals surface area (Å²) in [5.74, 6) is -1.46. The Hall–Kier alpha value is -2.74. The summed E-state index contributed by atoms with van der Waals surface area (Å²) in [6, 6.07) is 13.0. The van der Waals surface area contributed by atoms with Crippen molar-refractivity contribution in [2.75, 3.05) is 5.32 Å². The average molecular weight is 366 g/mol. The highest BCUT2D eigenvalue weighted by molar-refractivity contribution is 7.17. The van der Waals surface area contributed by atoms with Crippen LogP contribution < -0.4 is 5.32 Å². The van der Waals surface area contributed by atoms with Gasteiger partial charge in [0.05, 0.1) is 0 Å². The minimum atomic E-state index is -4.76. The first-order valence-electron chi connectivity index (χ1n) is 7.05. The van der Waals surface area contributed by atoms with Crippen molar-refractivity contribution < 1.29 is 22.4 Å². The Morgan fingerprint density at radius 1 is 1.00 bits per heavy atom. The topological polar surface area (TPSA) is 42.0 Å². The van der Waals surface area contributed by atoms with Gasteiger partial charge in [-0.2, -0.15) is 13.2 Å². The zero-order chi connectivity index (χ0) is 18.0. The van der Waals surface area contributed by atoms with Gasteiger partial charge < -0.3 is 5.32 Å². The normalized spacial score (nSPS) is 11.4. The molecule has 2 aromatic carbocycles. The van der Waals surface area contributed by atoms with Crippen molar-refractivity contribution in [3.05, 3.63) is 71.0 Å². The lowest BCUT2D eigenvalue weighted by Crippen LogP contribution is -2.17. The van der Waals surface area contributed by atoms with Crippen molar-refractivity contribution in [2.24, 2.45) is 0 Å². The van der Waals surface area contributed by atoms with Gasteiger partial charge in [0, 0.05) is 11.3 Å². The summed E-state index contributed by atoms with van der Waals surface area (Å²) in [5, 5.41) is 2.42. The van der Waals surface area contributed by atoms with Crippen LogP contribution in [0.2, 0.25) is 0 Å². The molecule has 0 spiro atoms. The zero-order valence-corrected chi connectivity index (χ0v) is 13.3. The number of hydrogen-bond acceptors (Lipinski definition) is 3. The van der Waals surface area contributed by atoms with E-state index in [0.717, 1.165) is 12.1 Å². The van der Waals surface area contributed by atoms with Crippen LogP contribution in [0.3, 0.4) is 0 Å². The molecule has 3 aromatic rings. The van der Waals surface area contributed by atoms with E-state index in [0.29, 0.717) is 16.9 Å². The molecule has 1 N–H and O–H groups in total. The lowest BCUT2D eigenvalue weighted by atomic mass is 10.2. The predicted molar refractivity (Wildman–Crippen MR) is 86.9 cm³/mol. The summed E-state index contributed by atoms with van der Waals surface area (Å²) in [5.41, 5.74) is -0.566. The lowest BCUT2D eigenvalue weighted by Gasteiger charge is -2.07. The van der Waals surface area contributed by atoms with E-state index in [1.54, 1.807) is 30.3 Å². The second-order valence-corrected chi connectivity index (χ2v) is 6.02. The molecule has 3 nitrogen and oxygen atoms in total. The fourth-order valence-corrected chi connectivity index (χ4v) is 3.08. The van der Waals surface area contributed by atoms with Crippen molar-refractivity contribution in [1.29, 1.82) is 0 Å². The molecule has 0 atom stereocenters. The van der Waals surface area contributed by atoms with Crippen LogP contribution >= 0.6 is 11.3 Å². The summed E-state index contributed by atoms with van der Waals surface area (Å²) in [6.45, 7) is 0. The fourth-order valence-electron chi connectivity index (χ4n) is 2.09. The number of thiazole rings is 1. The molecule has 1 heterocycles. The molecule has 0 aliphatic heterocycles. The number of anilines is 1. The van der Waals surface area contributed by atoms with Crippen molar-refractivity contribution in [3.63, 3.8) is 0 Å². The van der Waals surface area contributed by atoms with Crippen LogP contribution in [-0.2, 0) is 6.18 Å². The number of rotatable bonds is 3. The quantitative estimate of drug-likeness (QED) is 0.646. The van der Waals surface area contributed by atoms with Gasteiger partial charge in [0.15, 0.2) is 5.69 Å². The summed E-state index contributed by atoms with van der Waals surface area (Å²) >= 11 is 0.653. The molecule has 0 saturated heterocycles. The Morgan fingerprint density at radius 2 is 1.64 bits per heavy atom. The SMILES string of the molecule is O=C(Nc1ccc(F)cc1)c1sc(-c2ccccc2)nc1C(F)(F)F. The van der Waals surface area contributed by atoms with Crippen molar-refractivity contribution in [2.45, 2.75) is 6.18 Å². The Balaban J connectivity index is 1.97. The van der Waals surface area contributed by atoms with Gasteiger partial charge in [-0.05, 0) is 24.3 Å². The molecule has 0 aliphatic carbocycles. The molecule has 0 bridgehead atoms. The third kappa shape index (κ3) is 3.85. The fraction of sp³-hybridized carbons (Fsp3) is 0.0588. The number of aromatic nitrogens is 1. The van der Waals surface area contributed by atoms with E-state index in [9.17, 15) is 22.4 Å². The number of carbonyl (C=O) groups excluding carboxylic acids is 1. The Kier molecular flexibility index (Phi) is 4.54. The smallest absolute Gasteiger partial charge is 0.321 e. The predicted octanol–water partition coefficient (Wildman–Crippen LogP) is 5.22. The number of halogens is 4. The van der Waals surface area contributed by atoms with E-state index < -0.39 is 28.5 Å². The largest absolute Gasteiger partial charge is 0.435 e. The van der Waals surface area contributed by atoms with Crippen molar-refractivity contribution >= 4 is 22.9 Å². The third-order valence-electron chi connectivity index (χ3n) is 3.22. The molecule has 0 fully saturated rings.